The second kappa shape index (κ2) is 5.60. The Morgan fingerprint density at radius 1 is 1.38 bits per heavy atom. The van der Waals surface area contributed by atoms with Crippen LogP contribution in [0.3, 0.4) is 0 Å². The first-order valence-electron chi connectivity index (χ1n) is 6.39. The molecule has 0 radical (unpaired) electrons. The summed E-state index contributed by atoms with van der Waals surface area (Å²) in [6, 6.07) is 2.45. The van der Waals surface area contributed by atoms with Crippen LogP contribution in [-0.4, -0.2) is 49.2 Å². The van der Waals surface area contributed by atoms with Crippen molar-refractivity contribution in [2.45, 2.75) is 30.4 Å². The van der Waals surface area contributed by atoms with Crippen LogP contribution < -0.4 is 0 Å². The second-order valence-corrected chi connectivity index (χ2v) is 7.49. The Morgan fingerprint density at radius 3 is 2.62 bits per heavy atom. The number of morpholine rings is 1. The second-order valence-electron chi connectivity index (χ2n) is 5.56. The van der Waals surface area contributed by atoms with Crippen LogP contribution >= 0.6 is 0 Å². The summed E-state index contributed by atoms with van der Waals surface area (Å²) in [5, 5.41) is 9.20. The molecule has 0 aromatic heterocycles. The molecule has 0 saturated carbocycles. The van der Waals surface area contributed by atoms with Crippen LogP contribution in [0.1, 0.15) is 13.8 Å². The Bertz CT molecular complexity index is 633. The molecule has 2 rings (SSSR count). The van der Waals surface area contributed by atoms with Gasteiger partial charge in [-0.1, -0.05) is 0 Å². The molecule has 8 heteroatoms. The number of halogens is 2. The Morgan fingerprint density at radius 2 is 2.05 bits per heavy atom. The maximum absolute atomic E-state index is 13.2. The summed E-state index contributed by atoms with van der Waals surface area (Å²) in [6.45, 7) is 3.09. The SMILES string of the molecule is CC1(C)CN(S(=O)(=O)c2ccc(F)c(F)c2)CC(CO)O1. The van der Waals surface area contributed by atoms with Crippen LogP contribution in [0.4, 0.5) is 8.78 Å². The maximum Gasteiger partial charge on any atom is 0.243 e. The van der Waals surface area contributed by atoms with Crippen molar-refractivity contribution in [2.75, 3.05) is 19.7 Å². The fraction of sp³-hybridized carbons (Fsp3) is 0.538. The first kappa shape index (κ1) is 16.3. The lowest BCUT2D eigenvalue weighted by Crippen LogP contribution is -2.55. The van der Waals surface area contributed by atoms with Gasteiger partial charge in [0, 0.05) is 13.1 Å². The number of sulfonamides is 1. The van der Waals surface area contributed by atoms with Crippen LogP contribution in [-0.2, 0) is 14.8 Å². The fourth-order valence-electron chi connectivity index (χ4n) is 2.31. The predicted octanol–water partition coefficient (Wildman–Crippen LogP) is 1.13. The van der Waals surface area contributed by atoms with E-state index in [4.69, 9.17) is 4.74 Å². The number of rotatable bonds is 3. The summed E-state index contributed by atoms with van der Waals surface area (Å²) in [4.78, 5) is -0.323. The van der Waals surface area contributed by atoms with E-state index < -0.39 is 33.4 Å². The maximum atomic E-state index is 13.2. The molecule has 1 N–H and O–H groups in total. The highest BCUT2D eigenvalue weighted by Gasteiger charge is 2.39. The zero-order valence-electron chi connectivity index (χ0n) is 11.7. The molecule has 118 valence electrons. The molecule has 0 bridgehead atoms. The lowest BCUT2D eigenvalue weighted by molar-refractivity contribution is -0.131. The Labute approximate surface area is 122 Å². The molecule has 1 unspecified atom stereocenters. The zero-order chi connectivity index (χ0) is 15.8. The van der Waals surface area contributed by atoms with Gasteiger partial charge in [-0.05, 0) is 32.0 Å². The monoisotopic (exact) mass is 321 g/mol. The molecule has 1 saturated heterocycles. The predicted molar refractivity (Wildman–Crippen MR) is 71.2 cm³/mol. The molecule has 0 amide bonds. The number of hydrogen-bond donors (Lipinski definition) is 1. The van der Waals surface area contributed by atoms with Gasteiger partial charge >= 0.3 is 0 Å². The van der Waals surface area contributed by atoms with Crippen LogP contribution in [0.2, 0.25) is 0 Å². The molecule has 0 spiro atoms. The van der Waals surface area contributed by atoms with Gasteiger partial charge in [-0.3, -0.25) is 0 Å². The molecule has 1 aliphatic rings. The van der Waals surface area contributed by atoms with Crippen LogP contribution in [0.5, 0.6) is 0 Å². The largest absolute Gasteiger partial charge is 0.394 e. The van der Waals surface area contributed by atoms with E-state index in [1.165, 1.54) is 0 Å². The van der Waals surface area contributed by atoms with Crippen LogP contribution in [0.25, 0.3) is 0 Å². The number of ether oxygens (including phenoxy) is 1. The minimum absolute atomic E-state index is 0.0404. The van der Waals surface area contributed by atoms with Crippen molar-refractivity contribution in [3.8, 4) is 0 Å². The van der Waals surface area contributed by atoms with E-state index in [2.05, 4.69) is 0 Å². The zero-order valence-corrected chi connectivity index (χ0v) is 12.5. The van der Waals surface area contributed by atoms with Crippen molar-refractivity contribution in [3.05, 3.63) is 29.8 Å². The van der Waals surface area contributed by atoms with E-state index >= 15 is 0 Å². The fourth-order valence-corrected chi connectivity index (χ4v) is 3.94. The Kier molecular flexibility index (Phi) is 4.34. The number of hydrogen-bond acceptors (Lipinski definition) is 4. The lowest BCUT2D eigenvalue weighted by atomic mass is 10.1. The van der Waals surface area contributed by atoms with Gasteiger partial charge in [-0.15, -0.1) is 0 Å². The number of aliphatic hydroxyl groups is 1. The third-order valence-corrected chi connectivity index (χ3v) is 4.99. The molecule has 1 fully saturated rings. The van der Waals surface area contributed by atoms with Crippen LogP contribution in [0, 0.1) is 11.6 Å². The quantitative estimate of drug-likeness (QED) is 0.906. The van der Waals surface area contributed by atoms with Crippen molar-refractivity contribution in [1.29, 1.82) is 0 Å². The van der Waals surface area contributed by atoms with Crippen molar-refractivity contribution >= 4 is 10.0 Å². The minimum atomic E-state index is -3.98. The van der Waals surface area contributed by atoms with Gasteiger partial charge in [0.25, 0.3) is 0 Å². The van der Waals surface area contributed by atoms with Gasteiger partial charge in [0.2, 0.25) is 10.0 Å². The minimum Gasteiger partial charge on any atom is -0.394 e. The topological polar surface area (TPSA) is 66.8 Å². The molecular formula is C13H17F2NO4S. The van der Waals surface area contributed by atoms with Crippen molar-refractivity contribution < 1.29 is 27.0 Å². The van der Waals surface area contributed by atoms with Gasteiger partial charge in [0.1, 0.15) is 0 Å². The van der Waals surface area contributed by atoms with Gasteiger partial charge in [-0.25, -0.2) is 17.2 Å². The van der Waals surface area contributed by atoms with Gasteiger partial charge in [0.05, 0.1) is 23.2 Å². The third-order valence-electron chi connectivity index (χ3n) is 3.18. The molecular weight excluding hydrogens is 304 g/mol. The Balaban J connectivity index is 2.36. The van der Waals surface area contributed by atoms with Crippen LogP contribution in [0.15, 0.2) is 23.1 Å². The average Bonchev–Trinajstić information content (AvgIpc) is 2.39. The van der Waals surface area contributed by atoms with Crippen molar-refractivity contribution in [3.63, 3.8) is 0 Å². The van der Waals surface area contributed by atoms with E-state index in [9.17, 15) is 22.3 Å². The summed E-state index contributed by atoms with van der Waals surface area (Å²) in [5.41, 5.74) is -0.780. The first-order valence-corrected chi connectivity index (χ1v) is 7.83. The molecule has 0 aliphatic carbocycles. The molecule has 1 atom stereocenters. The Hall–Kier alpha value is -1.09. The highest BCUT2D eigenvalue weighted by atomic mass is 32.2. The van der Waals surface area contributed by atoms with E-state index in [1.54, 1.807) is 13.8 Å². The standard InChI is InChI=1S/C13H17F2NO4S/c1-13(2)8-16(6-9(7-17)20-13)21(18,19)10-3-4-11(14)12(15)5-10/h3-5,9,17H,6-8H2,1-2H3. The summed E-state index contributed by atoms with van der Waals surface area (Å²) in [5.74, 6) is -2.33. The molecule has 1 heterocycles. The smallest absolute Gasteiger partial charge is 0.243 e. The number of benzene rings is 1. The van der Waals surface area contributed by atoms with E-state index in [1.807, 2.05) is 0 Å². The molecule has 1 aromatic carbocycles. The van der Waals surface area contributed by atoms with Crippen molar-refractivity contribution in [2.24, 2.45) is 0 Å². The normalized spacial score (nSPS) is 23.2. The van der Waals surface area contributed by atoms with E-state index in [0.717, 1.165) is 16.4 Å². The third kappa shape index (κ3) is 3.39. The molecule has 1 aliphatic heterocycles. The number of nitrogens with zero attached hydrogens (tertiary/aromatic N) is 1. The van der Waals surface area contributed by atoms with Gasteiger partial charge < -0.3 is 9.84 Å². The number of aliphatic hydroxyl groups excluding tert-OH is 1. The highest BCUT2D eigenvalue weighted by molar-refractivity contribution is 7.89. The molecule has 1 aromatic rings. The molecule has 5 nitrogen and oxygen atoms in total. The van der Waals surface area contributed by atoms with E-state index in [-0.39, 0.29) is 24.6 Å². The van der Waals surface area contributed by atoms with Gasteiger partial charge in [-0.2, -0.15) is 4.31 Å². The summed E-state index contributed by atoms with van der Waals surface area (Å²) >= 11 is 0. The lowest BCUT2D eigenvalue weighted by Gasteiger charge is -2.41. The summed E-state index contributed by atoms with van der Waals surface area (Å²) in [6.07, 6.45) is -0.658. The highest BCUT2D eigenvalue weighted by Crippen LogP contribution is 2.27. The van der Waals surface area contributed by atoms with E-state index in [0.29, 0.717) is 6.07 Å². The molecule has 21 heavy (non-hydrogen) atoms. The summed E-state index contributed by atoms with van der Waals surface area (Å²) in [7, 11) is -3.98. The summed E-state index contributed by atoms with van der Waals surface area (Å²) < 4.78 is 57.8. The van der Waals surface area contributed by atoms with Gasteiger partial charge in [0.15, 0.2) is 11.6 Å². The first-order chi connectivity index (χ1) is 9.65. The van der Waals surface area contributed by atoms with Crippen molar-refractivity contribution in [1.82, 2.24) is 4.31 Å². The average molecular weight is 321 g/mol.